The summed E-state index contributed by atoms with van der Waals surface area (Å²) < 4.78 is 5.11. The number of nitrogens with two attached hydrogens (primary N) is 1. The number of hydrogen-bond acceptors (Lipinski definition) is 2. The predicted octanol–water partition coefficient (Wildman–Crippen LogP) is 0.840. The Morgan fingerprint density at radius 1 is 1.50 bits per heavy atom. The SMILES string of the molecule is COc1cc(C#CC(N)=O)ccc1C. The standard InChI is InChI=1S/C11H11NO2/c1-8-3-4-9(5-6-11(12)13)7-10(8)14-2/h3-4,7H,1-2H3,(H2,12,13). The van der Waals surface area contributed by atoms with E-state index in [4.69, 9.17) is 10.5 Å². The number of ether oxygens (including phenoxy) is 1. The Labute approximate surface area is 82.9 Å². The van der Waals surface area contributed by atoms with Gasteiger partial charge < -0.3 is 10.5 Å². The van der Waals surface area contributed by atoms with Crippen LogP contribution in [0.1, 0.15) is 11.1 Å². The minimum absolute atomic E-state index is 0.635. The highest BCUT2D eigenvalue weighted by Crippen LogP contribution is 2.18. The van der Waals surface area contributed by atoms with Crippen molar-refractivity contribution < 1.29 is 9.53 Å². The Morgan fingerprint density at radius 2 is 2.21 bits per heavy atom. The zero-order valence-corrected chi connectivity index (χ0v) is 8.13. The van der Waals surface area contributed by atoms with Gasteiger partial charge in [0.1, 0.15) is 5.75 Å². The molecule has 0 heterocycles. The lowest BCUT2D eigenvalue weighted by molar-refractivity contribution is -0.112. The van der Waals surface area contributed by atoms with Crippen molar-refractivity contribution in [2.45, 2.75) is 6.92 Å². The highest BCUT2D eigenvalue weighted by molar-refractivity contribution is 5.92. The maximum absolute atomic E-state index is 10.4. The Balaban J connectivity index is 3.03. The minimum atomic E-state index is -0.635. The van der Waals surface area contributed by atoms with Crippen molar-refractivity contribution in [3.05, 3.63) is 29.3 Å². The molecule has 1 aromatic carbocycles. The third-order valence-corrected chi connectivity index (χ3v) is 1.74. The van der Waals surface area contributed by atoms with Gasteiger partial charge in [0.05, 0.1) is 7.11 Å². The van der Waals surface area contributed by atoms with Crippen molar-refractivity contribution in [3.63, 3.8) is 0 Å². The van der Waals surface area contributed by atoms with Gasteiger partial charge in [-0.3, -0.25) is 4.79 Å². The second kappa shape index (κ2) is 4.33. The molecule has 3 nitrogen and oxygen atoms in total. The van der Waals surface area contributed by atoms with Crippen LogP contribution in [0.15, 0.2) is 18.2 Å². The molecule has 1 amide bonds. The van der Waals surface area contributed by atoms with Gasteiger partial charge in [-0.2, -0.15) is 0 Å². The van der Waals surface area contributed by atoms with Gasteiger partial charge in [-0.15, -0.1) is 0 Å². The number of hydrogen-bond donors (Lipinski definition) is 1. The molecule has 1 rings (SSSR count). The molecule has 3 heteroatoms. The Kier molecular flexibility index (Phi) is 3.14. The molecule has 0 bridgehead atoms. The molecule has 0 aliphatic carbocycles. The van der Waals surface area contributed by atoms with E-state index in [0.29, 0.717) is 5.56 Å². The lowest BCUT2D eigenvalue weighted by atomic mass is 10.1. The highest BCUT2D eigenvalue weighted by Gasteiger charge is 1.97. The first-order chi connectivity index (χ1) is 6.63. The molecule has 2 N–H and O–H groups in total. The number of carbonyl (C=O) groups excluding carboxylic acids is 1. The van der Waals surface area contributed by atoms with Crippen molar-refractivity contribution in [2.75, 3.05) is 7.11 Å². The van der Waals surface area contributed by atoms with Crippen molar-refractivity contribution in [2.24, 2.45) is 5.73 Å². The van der Waals surface area contributed by atoms with Crippen LogP contribution in [-0.2, 0) is 4.79 Å². The summed E-state index contributed by atoms with van der Waals surface area (Å²) in [6.45, 7) is 1.93. The number of rotatable bonds is 1. The van der Waals surface area contributed by atoms with Crippen LogP contribution in [0.4, 0.5) is 0 Å². The Hall–Kier alpha value is -1.95. The van der Waals surface area contributed by atoms with Gasteiger partial charge in [-0.1, -0.05) is 12.0 Å². The summed E-state index contributed by atoms with van der Waals surface area (Å²) in [6.07, 6.45) is 0. The molecule has 0 saturated carbocycles. The zero-order valence-electron chi connectivity index (χ0n) is 8.13. The number of benzene rings is 1. The molecular weight excluding hydrogens is 178 g/mol. The van der Waals surface area contributed by atoms with Crippen LogP contribution in [0, 0.1) is 18.8 Å². The summed E-state index contributed by atoms with van der Waals surface area (Å²) in [7, 11) is 1.59. The van der Waals surface area contributed by atoms with E-state index in [-0.39, 0.29) is 0 Å². The third kappa shape index (κ3) is 2.53. The second-order valence-electron chi connectivity index (χ2n) is 2.80. The summed E-state index contributed by atoms with van der Waals surface area (Å²) >= 11 is 0. The average Bonchev–Trinajstić information content (AvgIpc) is 2.16. The van der Waals surface area contributed by atoms with Crippen LogP contribution in [-0.4, -0.2) is 13.0 Å². The molecule has 1 aromatic rings. The average molecular weight is 189 g/mol. The van der Waals surface area contributed by atoms with Crippen LogP contribution in [0.5, 0.6) is 5.75 Å². The van der Waals surface area contributed by atoms with E-state index in [0.717, 1.165) is 11.3 Å². The lowest BCUT2D eigenvalue weighted by Crippen LogP contribution is -2.06. The van der Waals surface area contributed by atoms with Gasteiger partial charge >= 0.3 is 0 Å². The fourth-order valence-electron chi connectivity index (χ4n) is 1.03. The van der Waals surface area contributed by atoms with Crippen molar-refractivity contribution >= 4 is 5.91 Å². The second-order valence-corrected chi connectivity index (χ2v) is 2.80. The smallest absolute Gasteiger partial charge is 0.293 e. The normalized spacial score (nSPS) is 8.71. The first kappa shape index (κ1) is 10.1. The number of aryl methyl sites for hydroxylation is 1. The number of primary amides is 1. The van der Waals surface area contributed by atoms with E-state index in [9.17, 15) is 4.79 Å². The van der Waals surface area contributed by atoms with Gasteiger partial charge in [0.2, 0.25) is 0 Å². The topological polar surface area (TPSA) is 52.3 Å². The molecule has 0 unspecified atom stereocenters. The molecule has 72 valence electrons. The molecule has 0 fully saturated rings. The minimum Gasteiger partial charge on any atom is -0.496 e. The summed E-state index contributed by atoms with van der Waals surface area (Å²) in [4.78, 5) is 10.4. The molecule has 0 radical (unpaired) electrons. The monoisotopic (exact) mass is 189 g/mol. The fraction of sp³-hybridized carbons (Fsp3) is 0.182. The summed E-state index contributed by atoms with van der Waals surface area (Å²) in [5.41, 5.74) is 6.64. The largest absolute Gasteiger partial charge is 0.496 e. The summed E-state index contributed by atoms with van der Waals surface area (Å²) in [6, 6.07) is 5.46. The highest BCUT2D eigenvalue weighted by atomic mass is 16.5. The van der Waals surface area contributed by atoms with Crippen LogP contribution in [0.2, 0.25) is 0 Å². The number of carbonyl (C=O) groups is 1. The van der Waals surface area contributed by atoms with E-state index >= 15 is 0 Å². The molecular formula is C11H11NO2. The lowest BCUT2D eigenvalue weighted by Gasteiger charge is -2.03. The van der Waals surface area contributed by atoms with E-state index in [1.807, 2.05) is 19.1 Å². The Bertz CT molecular complexity index is 413. The van der Waals surface area contributed by atoms with E-state index < -0.39 is 5.91 Å². The van der Waals surface area contributed by atoms with E-state index in [1.54, 1.807) is 13.2 Å². The van der Waals surface area contributed by atoms with Gasteiger partial charge in [0.15, 0.2) is 0 Å². The maximum Gasteiger partial charge on any atom is 0.293 e. The molecule has 0 aromatic heterocycles. The quantitative estimate of drug-likeness (QED) is 0.665. The predicted molar refractivity (Wildman–Crippen MR) is 53.8 cm³/mol. The van der Waals surface area contributed by atoms with Crippen molar-refractivity contribution in [1.82, 2.24) is 0 Å². The Morgan fingerprint density at radius 3 is 2.79 bits per heavy atom. The van der Waals surface area contributed by atoms with E-state index in [1.165, 1.54) is 0 Å². The molecule has 0 saturated heterocycles. The molecule has 0 aliphatic rings. The number of methoxy groups -OCH3 is 1. The van der Waals surface area contributed by atoms with Crippen molar-refractivity contribution in [1.29, 1.82) is 0 Å². The fourth-order valence-corrected chi connectivity index (χ4v) is 1.03. The molecule has 0 atom stereocenters. The van der Waals surface area contributed by atoms with Gasteiger partial charge in [-0.05, 0) is 30.5 Å². The maximum atomic E-state index is 10.4. The summed E-state index contributed by atoms with van der Waals surface area (Å²) in [5.74, 6) is 5.02. The zero-order chi connectivity index (χ0) is 10.6. The van der Waals surface area contributed by atoms with Gasteiger partial charge in [0, 0.05) is 5.56 Å². The molecule has 0 aliphatic heterocycles. The van der Waals surface area contributed by atoms with Gasteiger partial charge in [0.25, 0.3) is 5.91 Å². The first-order valence-corrected chi connectivity index (χ1v) is 4.09. The van der Waals surface area contributed by atoms with Gasteiger partial charge in [-0.25, -0.2) is 0 Å². The van der Waals surface area contributed by atoms with Crippen LogP contribution >= 0.6 is 0 Å². The van der Waals surface area contributed by atoms with Crippen LogP contribution in [0.3, 0.4) is 0 Å². The van der Waals surface area contributed by atoms with Crippen molar-refractivity contribution in [3.8, 4) is 17.6 Å². The van der Waals surface area contributed by atoms with Crippen LogP contribution in [0.25, 0.3) is 0 Å². The summed E-state index contributed by atoms with van der Waals surface area (Å²) in [5, 5.41) is 0. The molecule has 0 spiro atoms. The first-order valence-electron chi connectivity index (χ1n) is 4.09. The van der Waals surface area contributed by atoms with Crippen LogP contribution < -0.4 is 10.5 Å². The molecule has 14 heavy (non-hydrogen) atoms. The number of amides is 1. The van der Waals surface area contributed by atoms with E-state index in [2.05, 4.69) is 11.8 Å². The third-order valence-electron chi connectivity index (χ3n) is 1.74.